The summed E-state index contributed by atoms with van der Waals surface area (Å²) in [5, 5.41) is 22.6. The Morgan fingerprint density at radius 2 is 2.03 bits per heavy atom. The number of anilines is 2. The van der Waals surface area contributed by atoms with E-state index in [2.05, 4.69) is 31.2 Å². The summed E-state index contributed by atoms with van der Waals surface area (Å²) < 4.78 is 38.5. The SMILES string of the molecule is Cc1ccc(N2CCc3ncnc(N[C@H](CO)c4ccc(C(F)(F)F)nc4)c3C2)c(C#N)c1. The van der Waals surface area contributed by atoms with Gasteiger partial charge in [0.15, 0.2) is 0 Å². The van der Waals surface area contributed by atoms with Crippen LogP contribution in [-0.4, -0.2) is 33.2 Å². The Balaban J connectivity index is 1.60. The molecule has 2 aromatic heterocycles. The minimum absolute atomic E-state index is 0.369. The fraction of sp³-hybridized carbons (Fsp3) is 0.304. The van der Waals surface area contributed by atoms with Crippen LogP contribution in [-0.2, 0) is 19.1 Å². The monoisotopic (exact) mass is 454 g/mol. The zero-order valence-electron chi connectivity index (χ0n) is 17.8. The van der Waals surface area contributed by atoms with Gasteiger partial charge in [0.2, 0.25) is 0 Å². The Kier molecular flexibility index (Phi) is 6.16. The number of hydrogen-bond donors (Lipinski definition) is 2. The summed E-state index contributed by atoms with van der Waals surface area (Å²) in [7, 11) is 0. The molecule has 0 fully saturated rings. The van der Waals surface area contributed by atoms with Crippen LogP contribution in [0.15, 0.2) is 42.9 Å². The number of hydrogen-bond acceptors (Lipinski definition) is 7. The van der Waals surface area contributed by atoms with Crippen molar-refractivity contribution in [2.24, 2.45) is 0 Å². The van der Waals surface area contributed by atoms with Crippen molar-refractivity contribution in [1.82, 2.24) is 15.0 Å². The highest BCUT2D eigenvalue weighted by Gasteiger charge is 2.32. The molecule has 7 nitrogen and oxygen atoms in total. The normalized spacial score (nSPS) is 14.4. The predicted molar refractivity (Wildman–Crippen MR) is 115 cm³/mol. The average Bonchev–Trinajstić information content (AvgIpc) is 2.81. The minimum atomic E-state index is -4.53. The maximum atomic E-state index is 12.8. The molecule has 1 aromatic carbocycles. The molecule has 0 radical (unpaired) electrons. The number of nitrogens with zero attached hydrogens (tertiary/aromatic N) is 5. The lowest BCUT2D eigenvalue weighted by molar-refractivity contribution is -0.141. The van der Waals surface area contributed by atoms with Gasteiger partial charge < -0.3 is 15.3 Å². The van der Waals surface area contributed by atoms with Crippen molar-refractivity contribution in [3.63, 3.8) is 0 Å². The number of aryl methyl sites for hydroxylation is 1. The number of aromatic nitrogens is 3. The Bertz CT molecular complexity index is 1190. The smallest absolute Gasteiger partial charge is 0.394 e. The van der Waals surface area contributed by atoms with E-state index in [4.69, 9.17) is 0 Å². The van der Waals surface area contributed by atoms with E-state index in [0.717, 1.165) is 34.8 Å². The number of alkyl halides is 3. The molecule has 10 heteroatoms. The van der Waals surface area contributed by atoms with E-state index in [1.54, 1.807) is 0 Å². The highest BCUT2D eigenvalue weighted by atomic mass is 19.4. The van der Waals surface area contributed by atoms with Gasteiger partial charge in [-0.3, -0.25) is 4.98 Å². The van der Waals surface area contributed by atoms with Crippen LogP contribution in [0.25, 0.3) is 0 Å². The highest BCUT2D eigenvalue weighted by molar-refractivity contribution is 5.63. The van der Waals surface area contributed by atoms with Crippen LogP contribution < -0.4 is 10.2 Å². The fourth-order valence-electron chi connectivity index (χ4n) is 3.86. The molecule has 4 rings (SSSR count). The molecular formula is C23H21F3N6O. The van der Waals surface area contributed by atoms with Gasteiger partial charge in [-0.15, -0.1) is 0 Å². The Morgan fingerprint density at radius 1 is 1.21 bits per heavy atom. The fourth-order valence-corrected chi connectivity index (χ4v) is 3.86. The molecular weight excluding hydrogens is 433 g/mol. The summed E-state index contributed by atoms with van der Waals surface area (Å²) in [4.78, 5) is 14.2. The van der Waals surface area contributed by atoms with E-state index < -0.39 is 17.9 Å². The lowest BCUT2D eigenvalue weighted by atomic mass is 10.0. The van der Waals surface area contributed by atoms with Gasteiger partial charge in [-0.25, -0.2) is 9.97 Å². The molecule has 0 saturated heterocycles. The largest absolute Gasteiger partial charge is 0.433 e. The Morgan fingerprint density at radius 3 is 2.70 bits per heavy atom. The number of aliphatic hydroxyl groups is 1. The molecule has 0 aliphatic carbocycles. The van der Waals surface area contributed by atoms with E-state index in [0.29, 0.717) is 36.5 Å². The van der Waals surface area contributed by atoms with Crippen LogP contribution in [0.2, 0.25) is 0 Å². The lowest BCUT2D eigenvalue weighted by Crippen LogP contribution is -2.33. The molecule has 0 saturated carbocycles. The molecule has 3 heterocycles. The maximum absolute atomic E-state index is 12.8. The van der Waals surface area contributed by atoms with E-state index in [-0.39, 0.29) is 6.61 Å². The van der Waals surface area contributed by atoms with E-state index in [1.807, 2.05) is 25.1 Å². The van der Waals surface area contributed by atoms with Gasteiger partial charge in [0.05, 0.1) is 29.6 Å². The highest BCUT2D eigenvalue weighted by Crippen LogP contribution is 2.32. The standard InChI is InChI=1S/C23H21F3N6O/c1-14-2-4-20(16(8-14)9-27)32-7-6-18-17(11-32)22(30-13-29-18)31-19(12-33)15-3-5-21(28-10-15)23(24,25)26/h2-5,8,10,13,19,33H,6-7,11-12H2,1H3,(H,29,30,31)/t19-/m1/s1. The first-order valence-corrected chi connectivity index (χ1v) is 10.3. The topological polar surface area (TPSA) is 98.0 Å². The van der Waals surface area contributed by atoms with Gasteiger partial charge in [-0.2, -0.15) is 18.4 Å². The first kappa shape index (κ1) is 22.5. The second kappa shape index (κ2) is 9.03. The van der Waals surface area contributed by atoms with Crippen molar-refractivity contribution in [3.05, 3.63) is 76.5 Å². The van der Waals surface area contributed by atoms with Crippen molar-refractivity contribution in [1.29, 1.82) is 5.26 Å². The number of nitrogens with one attached hydrogen (secondary N) is 1. The van der Waals surface area contributed by atoms with Crippen molar-refractivity contribution in [3.8, 4) is 6.07 Å². The third-order valence-electron chi connectivity index (χ3n) is 5.59. The molecule has 1 atom stereocenters. The third-order valence-corrected chi connectivity index (χ3v) is 5.59. The summed E-state index contributed by atoms with van der Waals surface area (Å²) in [6.45, 7) is 2.68. The predicted octanol–water partition coefficient (Wildman–Crippen LogP) is 3.78. The Hall–Kier alpha value is -3.71. The first-order valence-electron chi connectivity index (χ1n) is 10.3. The van der Waals surface area contributed by atoms with Crippen LogP contribution in [0.3, 0.4) is 0 Å². The van der Waals surface area contributed by atoms with Crippen molar-refractivity contribution in [2.75, 3.05) is 23.4 Å². The maximum Gasteiger partial charge on any atom is 0.433 e. The summed E-state index contributed by atoms with van der Waals surface area (Å²) in [5.41, 5.74) is 3.45. The van der Waals surface area contributed by atoms with Crippen molar-refractivity contribution < 1.29 is 18.3 Å². The summed E-state index contributed by atoms with van der Waals surface area (Å²) in [6.07, 6.45) is -1.38. The van der Waals surface area contributed by atoms with Crippen LogP contribution in [0.1, 0.15) is 39.7 Å². The van der Waals surface area contributed by atoms with E-state index in [1.165, 1.54) is 12.4 Å². The van der Waals surface area contributed by atoms with Crippen molar-refractivity contribution >= 4 is 11.5 Å². The number of benzene rings is 1. The van der Waals surface area contributed by atoms with E-state index in [9.17, 15) is 23.5 Å². The molecule has 1 aliphatic heterocycles. The average molecular weight is 454 g/mol. The molecule has 170 valence electrons. The summed E-state index contributed by atoms with van der Waals surface area (Å²) >= 11 is 0. The molecule has 0 spiro atoms. The van der Waals surface area contributed by atoms with Gasteiger partial charge in [-0.1, -0.05) is 12.1 Å². The van der Waals surface area contributed by atoms with Crippen molar-refractivity contribution in [2.45, 2.75) is 32.1 Å². The lowest BCUT2D eigenvalue weighted by Gasteiger charge is -2.32. The van der Waals surface area contributed by atoms with Crippen LogP contribution in [0.4, 0.5) is 24.7 Å². The van der Waals surface area contributed by atoms with Gasteiger partial charge in [-0.05, 0) is 36.2 Å². The summed E-state index contributed by atoms with van der Waals surface area (Å²) in [6, 6.07) is 9.41. The van der Waals surface area contributed by atoms with Crippen LogP contribution in [0.5, 0.6) is 0 Å². The van der Waals surface area contributed by atoms with E-state index >= 15 is 0 Å². The molecule has 0 unspecified atom stereocenters. The van der Waals surface area contributed by atoms with Gasteiger partial charge >= 0.3 is 6.18 Å². The second-order valence-electron chi connectivity index (χ2n) is 7.81. The molecule has 1 aliphatic rings. The molecule has 0 bridgehead atoms. The van der Waals surface area contributed by atoms with Crippen LogP contribution in [0, 0.1) is 18.3 Å². The first-order chi connectivity index (χ1) is 15.8. The number of nitriles is 1. The number of rotatable bonds is 5. The molecule has 33 heavy (non-hydrogen) atoms. The number of fused-ring (bicyclic) bond motifs is 1. The third kappa shape index (κ3) is 4.73. The summed E-state index contributed by atoms with van der Waals surface area (Å²) in [5.74, 6) is 0.481. The Labute approximate surface area is 188 Å². The quantitative estimate of drug-likeness (QED) is 0.606. The van der Waals surface area contributed by atoms with Gasteiger partial charge in [0.25, 0.3) is 0 Å². The van der Waals surface area contributed by atoms with Gasteiger partial charge in [0, 0.05) is 31.3 Å². The van der Waals surface area contributed by atoms with Gasteiger partial charge in [0.1, 0.15) is 23.9 Å². The number of halogens is 3. The zero-order valence-corrected chi connectivity index (χ0v) is 17.8. The number of aliphatic hydroxyl groups excluding tert-OH is 1. The van der Waals surface area contributed by atoms with Crippen LogP contribution >= 0.6 is 0 Å². The number of pyridine rings is 1. The molecule has 0 amide bonds. The second-order valence-corrected chi connectivity index (χ2v) is 7.81. The molecule has 3 aromatic rings. The minimum Gasteiger partial charge on any atom is -0.394 e. The molecule has 2 N–H and O–H groups in total. The zero-order chi connectivity index (χ0) is 23.6.